The van der Waals surface area contributed by atoms with Gasteiger partial charge in [-0.2, -0.15) is 4.31 Å². The molecule has 6 nitrogen and oxygen atoms in total. The first-order valence-corrected chi connectivity index (χ1v) is 10.7. The molecule has 1 N–H and O–H groups in total. The van der Waals surface area contributed by atoms with E-state index in [0.717, 1.165) is 25.7 Å². The topological polar surface area (TPSA) is 75.7 Å². The summed E-state index contributed by atoms with van der Waals surface area (Å²) in [5, 5.41) is 2.91. The summed E-state index contributed by atoms with van der Waals surface area (Å²) in [5.74, 6) is 0.629. The second-order valence-electron chi connectivity index (χ2n) is 7.53. The molecule has 1 aliphatic carbocycles. The van der Waals surface area contributed by atoms with Gasteiger partial charge in [-0.1, -0.05) is 25.3 Å². The summed E-state index contributed by atoms with van der Waals surface area (Å²) < 4.78 is 33.2. The van der Waals surface area contributed by atoms with E-state index >= 15 is 0 Å². The SMILES string of the molecule is COc1cccc(S(=O)(=O)N2CC(CNC(C)=O)C3(CCCCC3)C2)c1. The summed E-state index contributed by atoms with van der Waals surface area (Å²) >= 11 is 0. The average Bonchev–Trinajstić information content (AvgIpc) is 2.99. The van der Waals surface area contributed by atoms with E-state index in [1.54, 1.807) is 28.6 Å². The number of hydrogen-bond acceptors (Lipinski definition) is 4. The Balaban J connectivity index is 1.86. The van der Waals surface area contributed by atoms with Gasteiger partial charge < -0.3 is 10.1 Å². The Kier molecular flexibility index (Phi) is 5.58. The Morgan fingerprint density at radius 2 is 2.04 bits per heavy atom. The number of benzene rings is 1. The lowest BCUT2D eigenvalue weighted by atomic mass is 9.68. The van der Waals surface area contributed by atoms with Gasteiger partial charge in [0.05, 0.1) is 12.0 Å². The Morgan fingerprint density at radius 3 is 2.69 bits per heavy atom. The van der Waals surface area contributed by atoms with E-state index in [1.807, 2.05) is 0 Å². The summed E-state index contributed by atoms with van der Waals surface area (Å²) in [5.41, 5.74) is -0.0212. The Labute approximate surface area is 156 Å². The maximum atomic E-state index is 13.2. The van der Waals surface area contributed by atoms with Crippen LogP contribution in [0.15, 0.2) is 29.2 Å². The highest BCUT2D eigenvalue weighted by Crippen LogP contribution is 2.48. The summed E-state index contributed by atoms with van der Waals surface area (Å²) in [4.78, 5) is 11.7. The number of ether oxygens (including phenoxy) is 1. The summed E-state index contributed by atoms with van der Waals surface area (Å²) in [7, 11) is -2.05. The molecule has 1 saturated carbocycles. The highest BCUT2D eigenvalue weighted by Gasteiger charge is 2.50. The molecular formula is C19H28N2O4S. The van der Waals surface area contributed by atoms with Gasteiger partial charge >= 0.3 is 0 Å². The van der Waals surface area contributed by atoms with Gasteiger partial charge in [0.2, 0.25) is 15.9 Å². The first kappa shape index (κ1) is 19.2. The van der Waals surface area contributed by atoms with E-state index in [9.17, 15) is 13.2 Å². The van der Waals surface area contributed by atoms with Crippen molar-refractivity contribution in [2.45, 2.75) is 43.9 Å². The number of carbonyl (C=O) groups excluding carboxylic acids is 1. The number of amides is 1. The summed E-state index contributed by atoms with van der Waals surface area (Å²) in [6, 6.07) is 6.63. The van der Waals surface area contributed by atoms with Crippen LogP contribution in [0.25, 0.3) is 0 Å². The largest absolute Gasteiger partial charge is 0.497 e. The lowest BCUT2D eigenvalue weighted by molar-refractivity contribution is -0.119. The van der Waals surface area contributed by atoms with Gasteiger partial charge in [-0.15, -0.1) is 0 Å². The fraction of sp³-hybridized carbons (Fsp3) is 0.632. The maximum absolute atomic E-state index is 13.2. The van der Waals surface area contributed by atoms with Gasteiger partial charge in [0.1, 0.15) is 5.75 Å². The van der Waals surface area contributed by atoms with Crippen molar-refractivity contribution in [3.63, 3.8) is 0 Å². The van der Waals surface area contributed by atoms with E-state index in [2.05, 4.69) is 5.32 Å². The second-order valence-corrected chi connectivity index (χ2v) is 9.47. The van der Waals surface area contributed by atoms with Crippen molar-refractivity contribution in [1.29, 1.82) is 0 Å². The van der Waals surface area contributed by atoms with E-state index in [4.69, 9.17) is 4.74 Å². The lowest BCUT2D eigenvalue weighted by Crippen LogP contribution is -2.39. The molecule has 2 aliphatic rings. The van der Waals surface area contributed by atoms with Crippen LogP contribution < -0.4 is 10.1 Å². The van der Waals surface area contributed by atoms with Gasteiger partial charge in [-0.25, -0.2) is 8.42 Å². The fourth-order valence-electron chi connectivity index (χ4n) is 4.45. The van der Waals surface area contributed by atoms with Crippen molar-refractivity contribution >= 4 is 15.9 Å². The molecule has 0 aromatic heterocycles. The third-order valence-electron chi connectivity index (χ3n) is 5.91. The predicted molar refractivity (Wildman–Crippen MR) is 99.4 cm³/mol. The first-order valence-electron chi connectivity index (χ1n) is 9.26. The Bertz CT molecular complexity index is 757. The van der Waals surface area contributed by atoms with Gasteiger partial charge in [0.25, 0.3) is 0 Å². The molecule has 1 heterocycles. The highest BCUT2D eigenvalue weighted by molar-refractivity contribution is 7.89. The fourth-order valence-corrected chi connectivity index (χ4v) is 6.07. The summed E-state index contributed by atoms with van der Waals surface area (Å²) in [6.07, 6.45) is 5.52. The van der Waals surface area contributed by atoms with Gasteiger partial charge in [-0.3, -0.25) is 4.79 Å². The van der Waals surface area contributed by atoms with Crippen molar-refractivity contribution in [1.82, 2.24) is 9.62 Å². The van der Waals surface area contributed by atoms with Crippen LogP contribution in [-0.2, 0) is 14.8 Å². The number of nitrogens with zero attached hydrogens (tertiary/aromatic N) is 1. The minimum Gasteiger partial charge on any atom is -0.497 e. The minimum atomic E-state index is -3.58. The van der Waals surface area contributed by atoms with Crippen LogP contribution in [-0.4, -0.2) is 45.4 Å². The van der Waals surface area contributed by atoms with Crippen LogP contribution >= 0.6 is 0 Å². The minimum absolute atomic E-state index is 0.0212. The molecule has 1 unspecified atom stereocenters. The van der Waals surface area contributed by atoms with E-state index in [-0.39, 0.29) is 22.1 Å². The van der Waals surface area contributed by atoms with E-state index in [1.165, 1.54) is 20.5 Å². The standard InChI is InChI=1S/C19H28N2O4S/c1-15(22)20-12-16-13-21(14-19(16)9-4-3-5-10-19)26(23,24)18-8-6-7-17(11-18)25-2/h6-8,11,16H,3-5,9-10,12-14H2,1-2H3,(H,20,22). The molecule has 0 radical (unpaired) electrons. The molecule has 1 aliphatic heterocycles. The first-order chi connectivity index (χ1) is 12.4. The van der Waals surface area contributed by atoms with Gasteiger partial charge in [0.15, 0.2) is 0 Å². The van der Waals surface area contributed by atoms with Crippen molar-refractivity contribution in [2.75, 3.05) is 26.7 Å². The molecule has 1 aromatic carbocycles. The molecule has 1 spiro atoms. The zero-order chi connectivity index (χ0) is 18.8. The normalized spacial score (nSPS) is 23.1. The molecular weight excluding hydrogens is 352 g/mol. The molecule has 1 aromatic rings. The van der Waals surface area contributed by atoms with Gasteiger partial charge in [-0.05, 0) is 36.3 Å². The number of sulfonamides is 1. The van der Waals surface area contributed by atoms with Crippen molar-refractivity contribution < 1.29 is 17.9 Å². The van der Waals surface area contributed by atoms with Crippen LogP contribution in [0.4, 0.5) is 0 Å². The smallest absolute Gasteiger partial charge is 0.243 e. The Hall–Kier alpha value is -1.60. The highest BCUT2D eigenvalue weighted by atomic mass is 32.2. The van der Waals surface area contributed by atoms with Crippen LogP contribution in [0, 0.1) is 11.3 Å². The zero-order valence-corrected chi connectivity index (χ0v) is 16.3. The average molecular weight is 381 g/mol. The lowest BCUT2D eigenvalue weighted by Gasteiger charge is -2.38. The second kappa shape index (κ2) is 7.56. The van der Waals surface area contributed by atoms with Crippen LogP contribution in [0.5, 0.6) is 5.75 Å². The van der Waals surface area contributed by atoms with E-state index in [0.29, 0.717) is 25.4 Å². The molecule has 7 heteroatoms. The third kappa shape index (κ3) is 3.74. The number of methoxy groups -OCH3 is 1. The predicted octanol–water partition coefficient (Wildman–Crippen LogP) is 2.40. The molecule has 1 saturated heterocycles. The quantitative estimate of drug-likeness (QED) is 0.851. The van der Waals surface area contributed by atoms with Crippen molar-refractivity contribution in [3.8, 4) is 5.75 Å². The molecule has 1 amide bonds. The zero-order valence-electron chi connectivity index (χ0n) is 15.5. The number of hydrogen-bond donors (Lipinski definition) is 1. The maximum Gasteiger partial charge on any atom is 0.243 e. The third-order valence-corrected chi connectivity index (χ3v) is 7.71. The number of rotatable bonds is 5. The molecule has 3 rings (SSSR count). The number of carbonyl (C=O) groups is 1. The molecule has 144 valence electrons. The van der Waals surface area contributed by atoms with Crippen LogP contribution in [0.2, 0.25) is 0 Å². The monoisotopic (exact) mass is 380 g/mol. The van der Waals surface area contributed by atoms with Crippen LogP contribution in [0.1, 0.15) is 39.0 Å². The van der Waals surface area contributed by atoms with Crippen molar-refractivity contribution in [2.24, 2.45) is 11.3 Å². The summed E-state index contributed by atoms with van der Waals surface area (Å²) in [6.45, 7) is 3.04. The molecule has 26 heavy (non-hydrogen) atoms. The number of nitrogens with one attached hydrogen (secondary N) is 1. The van der Waals surface area contributed by atoms with Crippen LogP contribution in [0.3, 0.4) is 0 Å². The Morgan fingerprint density at radius 1 is 1.31 bits per heavy atom. The van der Waals surface area contributed by atoms with Crippen molar-refractivity contribution in [3.05, 3.63) is 24.3 Å². The molecule has 1 atom stereocenters. The van der Waals surface area contributed by atoms with E-state index < -0.39 is 10.0 Å². The van der Waals surface area contributed by atoms with Gasteiger partial charge in [0, 0.05) is 32.6 Å². The molecule has 0 bridgehead atoms. The molecule has 2 fully saturated rings.